The largest absolute Gasteiger partial charge is 0.253 e. The first-order chi connectivity index (χ1) is 10.2. The quantitative estimate of drug-likeness (QED) is 0.361. The summed E-state index contributed by atoms with van der Waals surface area (Å²) >= 11 is 0. The van der Waals surface area contributed by atoms with Crippen LogP contribution in [0, 0.1) is 0 Å². The van der Waals surface area contributed by atoms with Gasteiger partial charge in [0.1, 0.15) is 0 Å². The minimum absolute atomic E-state index is 0.422. The summed E-state index contributed by atoms with van der Waals surface area (Å²) in [4.78, 5) is 0. The monoisotopic (exact) mass is 316 g/mol. The van der Waals surface area contributed by atoms with Crippen molar-refractivity contribution in [3.63, 3.8) is 0 Å². The van der Waals surface area contributed by atoms with Crippen molar-refractivity contribution in [1.82, 2.24) is 19.4 Å². The summed E-state index contributed by atoms with van der Waals surface area (Å²) < 4.78 is 5.38. The van der Waals surface area contributed by atoms with E-state index in [2.05, 4.69) is 60.9 Å². The van der Waals surface area contributed by atoms with Crippen molar-refractivity contribution in [2.45, 2.75) is 67.2 Å². The molecule has 0 unspecified atom stereocenters. The van der Waals surface area contributed by atoms with E-state index in [0.29, 0.717) is 0 Å². The van der Waals surface area contributed by atoms with E-state index < -0.39 is 9.84 Å². The highest BCUT2D eigenvalue weighted by Gasteiger charge is 2.19. The summed E-state index contributed by atoms with van der Waals surface area (Å²) in [6, 6.07) is 0. The van der Waals surface area contributed by atoms with E-state index in [1.54, 1.807) is 0 Å². The van der Waals surface area contributed by atoms with Gasteiger partial charge < -0.3 is 0 Å². The Morgan fingerprint density at radius 1 is 0.571 bits per heavy atom. The number of hydrogen-bond donors (Lipinski definition) is 0. The Balaban J connectivity index is 4.80. The van der Waals surface area contributed by atoms with Crippen LogP contribution >= 0.6 is 0 Å². The highest BCUT2D eigenvalue weighted by Crippen LogP contribution is 2.06. The molecule has 0 bridgehead atoms. The summed E-state index contributed by atoms with van der Waals surface area (Å²) in [6.07, 6.45) is 5.19. The number of hydrazine groups is 2. The molecular formula is C16H40N4Si. The van der Waals surface area contributed by atoms with E-state index >= 15 is 0 Å². The maximum atomic E-state index is 2.69. The van der Waals surface area contributed by atoms with Crippen molar-refractivity contribution < 1.29 is 0 Å². The van der Waals surface area contributed by atoms with Gasteiger partial charge in [-0.25, -0.2) is 10.0 Å². The van der Waals surface area contributed by atoms with Crippen molar-refractivity contribution >= 4 is 9.84 Å². The highest BCUT2D eigenvalue weighted by atomic mass is 28.2. The highest BCUT2D eigenvalue weighted by molar-refractivity contribution is 6.27. The molecule has 0 saturated carbocycles. The summed E-state index contributed by atoms with van der Waals surface area (Å²) in [7, 11) is -0.422. The van der Waals surface area contributed by atoms with Crippen LogP contribution in [-0.2, 0) is 0 Å². The molecule has 0 rings (SSSR count). The molecule has 0 aliphatic heterocycles. The van der Waals surface area contributed by atoms with Crippen molar-refractivity contribution in [2.75, 3.05) is 39.3 Å². The van der Waals surface area contributed by atoms with Gasteiger partial charge in [0.15, 0.2) is 0 Å². The lowest BCUT2D eigenvalue weighted by molar-refractivity contribution is 0.0147. The average molecular weight is 317 g/mol. The van der Waals surface area contributed by atoms with Crippen LogP contribution < -0.4 is 0 Å². The van der Waals surface area contributed by atoms with Gasteiger partial charge >= 0.3 is 0 Å². The first kappa shape index (κ1) is 21.1. The Kier molecular flexibility index (Phi) is 13.7. The minimum atomic E-state index is -0.422. The van der Waals surface area contributed by atoms with Crippen molar-refractivity contribution in [1.29, 1.82) is 0 Å². The second-order valence-corrected chi connectivity index (χ2v) is 7.33. The molecule has 4 nitrogen and oxygen atoms in total. The molecule has 0 aliphatic carbocycles. The summed E-state index contributed by atoms with van der Waals surface area (Å²) in [6.45, 7) is 20.7. The first-order valence-electron chi connectivity index (χ1n) is 9.17. The van der Waals surface area contributed by atoms with Gasteiger partial charge in [-0.05, 0) is 12.8 Å². The first-order valence-corrected chi connectivity index (χ1v) is 10.4. The van der Waals surface area contributed by atoms with Crippen LogP contribution in [0.25, 0.3) is 0 Å². The van der Waals surface area contributed by atoms with Gasteiger partial charge in [0.25, 0.3) is 0 Å². The molecular weight excluding hydrogens is 276 g/mol. The molecule has 128 valence electrons. The number of rotatable bonds is 14. The lowest BCUT2D eigenvalue weighted by Gasteiger charge is -2.41. The molecule has 21 heavy (non-hydrogen) atoms. The van der Waals surface area contributed by atoms with Crippen LogP contribution in [0.3, 0.4) is 0 Å². The maximum absolute atomic E-state index is 2.69. The van der Waals surface area contributed by atoms with E-state index in [1.807, 2.05) is 0 Å². The molecule has 0 fully saturated rings. The Morgan fingerprint density at radius 2 is 0.905 bits per heavy atom. The molecule has 0 radical (unpaired) electrons. The molecule has 0 spiro atoms. The Morgan fingerprint density at radius 3 is 1.14 bits per heavy atom. The second kappa shape index (κ2) is 13.7. The lowest BCUT2D eigenvalue weighted by atomic mass is 10.3. The van der Waals surface area contributed by atoms with Gasteiger partial charge in [0, 0.05) is 39.3 Å². The summed E-state index contributed by atoms with van der Waals surface area (Å²) in [5.74, 6) is 0. The van der Waals surface area contributed by atoms with Crippen molar-refractivity contribution in [3.05, 3.63) is 0 Å². The molecule has 0 atom stereocenters. The molecule has 0 aliphatic rings. The van der Waals surface area contributed by atoms with Crippen molar-refractivity contribution in [3.8, 4) is 0 Å². The van der Waals surface area contributed by atoms with Gasteiger partial charge in [0.05, 0.1) is 0 Å². The fraction of sp³-hybridized carbons (Fsp3) is 1.00. The zero-order valence-corrected chi connectivity index (χ0v) is 17.0. The SMILES string of the molecule is CCCCN([SiH2]N(CCCC)N(CC)CC)N(CC)CC. The van der Waals surface area contributed by atoms with Gasteiger partial charge in [-0.15, -0.1) is 0 Å². The number of hydrogen-bond acceptors (Lipinski definition) is 4. The van der Waals surface area contributed by atoms with Crippen LogP contribution in [0.15, 0.2) is 0 Å². The molecule has 0 aromatic carbocycles. The molecule has 0 heterocycles. The van der Waals surface area contributed by atoms with Crippen LogP contribution in [0.1, 0.15) is 67.2 Å². The number of unbranched alkanes of at least 4 members (excludes halogenated alkanes) is 2. The van der Waals surface area contributed by atoms with Gasteiger partial charge in [-0.3, -0.25) is 9.35 Å². The molecule has 0 aromatic rings. The van der Waals surface area contributed by atoms with E-state index in [4.69, 9.17) is 0 Å². The summed E-state index contributed by atoms with van der Waals surface area (Å²) in [5.41, 5.74) is 0. The number of nitrogens with zero attached hydrogens (tertiary/aromatic N) is 4. The van der Waals surface area contributed by atoms with E-state index in [0.717, 1.165) is 26.2 Å². The third kappa shape index (κ3) is 8.31. The van der Waals surface area contributed by atoms with Gasteiger partial charge in [-0.2, -0.15) is 0 Å². The second-order valence-electron chi connectivity index (χ2n) is 5.59. The fourth-order valence-corrected chi connectivity index (χ4v) is 4.98. The van der Waals surface area contributed by atoms with Crippen LogP contribution in [0.5, 0.6) is 0 Å². The molecule has 5 heteroatoms. The topological polar surface area (TPSA) is 13.0 Å². The molecule has 0 N–H and O–H groups in total. The van der Waals surface area contributed by atoms with E-state index in [9.17, 15) is 0 Å². The zero-order valence-electron chi connectivity index (χ0n) is 15.6. The van der Waals surface area contributed by atoms with E-state index in [-0.39, 0.29) is 0 Å². The summed E-state index contributed by atoms with van der Waals surface area (Å²) in [5, 5.41) is 5.09. The maximum Gasteiger partial charge on any atom is 0.203 e. The van der Waals surface area contributed by atoms with Crippen molar-refractivity contribution in [2.24, 2.45) is 0 Å². The van der Waals surface area contributed by atoms with E-state index in [1.165, 1.54) is 38.8 Å². The Bertz CT molecular complexity index is 198. The predicted molar refractivity (Wildman–Crippen MR) is 97.6 cm³/mol. The Hall–Kier alpha value is 0.0569. The standard InChI is InChI=1S/C16H40N4Si/c1-7-13-15-19(17(9-3)10-4)21-20(16-14-8-2)18(11-5)12-6/h7-16,21H2,1-6H3. The minimum Gasteiger partial charge on any atom is -0.253 e. The Labute approximate surface area is 136 Å². The molecule has 0 aromatic heterocycles. The van der Waals surface area contributed by atoms with Crippen LogP contribution in [-0.4, -0.2) is 68.5 Å². The average Bonchev–Trinajstić information content (AvgIpc) is 2.51. The van der Waals surface area contributed by atoms with Crippen LogP contribution in [0.4, 0.5) is 0 Å². The normalized spacial score (nSPS) is 12.3. The fourth-order valence-electron chi connectivity index (χ4n) is 2.72. The molecule has 0 amide bonds. The molecule has 0 saturated heterocycles. The van der Waals surface area contributed by atoms with Gasteiger partial charge in [-0.1, -0.05) is 54.4 Å². The van der Waals surface area contributed by atoms with Crippen LogP contribution in [0.2, 0.25) is 0 Å². The third-order valence-electron chi connectivity index (χ3n) is 4.13. The zero-order chi connectivity index (χ0) is 16.1. The lowest BCUT2D eigenvalue weighted by Crippen LogP contribution is -2.56. The van der Waals surface area contributed by atoms with Gasteiger partial charge in [0.2, 0.25) is 9.84 Å². The smallest absolute Gasteiger partial charge is 0.203 e. The predicted octanol–water partition coefficient (Wildman–Crippen LogP) is 2.70. The third-order valence-corrected chi connectivity index (χ3v) is 6.21.